The fourth-order valence-corrected chi connectivity index (χ4v) is 1.66. The fourth-order valence-electron chi connectivity index (χ4n) is 1.09. The molecule has 9 heteroatoms. The zero-order valence-corrected chi connectivity index (χ0v) is 10.2. The second-order valence-electron chi connectivity index (χ2n) is 3.24. The third-order valence-electron chi connectivity index (χ3n) is 2.06. The lowest BCUT2D eigenvalue weighted by molar-refractivity contribution is 0.0950. The van der Waals surface area contributed by atoms with Crippen LogP contribution in [-0.4, -0.2) is 38.7 Å². The van der Waals surface area contributed by atoms with Gasteiger partial charge in [0.25, 0.3) is 5.91 Å². The second-order valence-corrected chi connectivity index (χ2v) is 5.29. The summed E-state index contributed by atoms with van der Waals surface area (Å²) < 4.78 is 50.0. The van der Waals surface area contributed by atoms with Gasteiger partial charge in [0.2, 0.25) is 16.0 Å². The number of hydrogen-bond donors (Lipinski definition) is 2. The summed E-state index contributed by atoms with van der Waals surface area (Å²) in [6.07, 6.45) is 0.942. The van der Waals surface area contributed by atoms with Gasteiger partial charge in [-0.2, -0.15) is 4.39 Å². The van der Waals surface area contributed by atoms with E-state index in [-0.39, 0.29) is 12.3 Å². The summed E-state index contributed by atoms with van der Waals surface area (Å²) in [5.41, 5.74) is -0.524. The molecule has 1 rings (SSSR count). The van der Waals surface area contributed by atoms with Crippen molar-refractivity contribution < 1.29 is 22.0 Å². The Morgan fingerprint density at radius 1 is 1.44 bits per heavy atom. The summed E-state index contributed by atoms with van der Waals surface area (Å²) in [6.45, 7) is -0.217. The van der Waals surface area contributed by atoms with Crippen LogP contribution in [0.3, 0.4) is 0 Å². The molecule has 0 unspecified atom stereocenters. The molecule has 0 radical (unpaired) electrons. The molecule has 0 bridgehead atoms. The minimum atomic E-state index is -3.46. The van der Waals surface area contributed by atoms with E-state index in [2.05, 4.69) is 15.0 Å². The minimum absolute atomic E-state index is 0.217. The van der Waals surface area contributed by atoms with E-state index >= 15 is 0 Å². The molecular weight excluding hydrogens is 268 g/mol. The number of carbonyl (C=O) groups excluding carboxylic acids is 1. The summed E-state index contributed by atoms with van der Waals surface area (Å²) in [5.74, 6) is -4.01. The molecule has 18 heavy (non-hydrogen) atoms. The average Bonchev–Trinajstić information content (AvgIpc) is 2.32. The van der Waals surface area contributed by atoms with Gasteiger partial charge in [-0.1, -0.05) is 0 Å². The van der Waals surface area contributed by atoms with E-state index in [9.17, 15) is 22.0 Å². The molecule has 2 N–H and O–H groups in total. The zero-order chi connectivity index (χ0) is 13.8. The highest BCUT2D eigenvalue weighted by Crippen LogP contribution is 2.08. The van der Waals surface area contributed by atoms with Crippen LogP contribution in [0, 0.1) is 11.8 Å². The van der Waals surface area contributed by atoms with Gasteiger partial charge in [-0.05, 0) is 13.1 Å². The number of sulfonamides is 1. The number of aromatic nitrogens is 1. The Kier molecular flexibility index (Phi) is 4.68. The maximum atomic E-state index is 13.2. The van der Waals surface area contributed by atoms with Gasteiger partial charge < -0.3 is 5.32 Å². The van der Waals surface area contributed by atoms with Crippen molar-refractivity contribution in [2.75, 3.05) is 19.3 Å². The molecule has 0 atom stereocenters. The van der Waals surface area contributed by atoms with Crippen LogP contribution in [0.15, 0.2) is 12.3 Å². The SMILES string of the molecule is CNS(=O)(=O)CCNC(=O)c1ccnc(F)c1F. The molecule has 0 spiro atoms. The zero-order valence-electron chi connectivity index (χ0n) is 9.41. The van der Waals surface area contributed by atoms with Crippen LogP contribution in [0.5, 0.6) is 0 Å². The van der Waals surface area contributed by atoms with E-state index in [1.165, 1.54) is 7.05 Å². The monoisotopic (exact) mass is 279 g/mol. The van der Waals surface area contributed by atoms with Gasteiger partial charge >= 0.3 is 0 Å². The van der Waals surface area contributed by atoms with Crippen LogP contribution in [-0.2, 0) is 10.0 Å². The lowest BCUT2D eigenvalue weighted by Gasteiger charge is -2.06. The van der Waals surface area contributed by atoms with Gasteiger partial charge in [-0.25, -0.2) is 22.5 Å². The van der Waals surface area contributed by atoms with Gasteiger partial charge in [-0.3, -0.25) is 4.79 Å². The number of carbonyl (C=O) groups is 1. The van der Waals surface area contributed by atoms with Crippen molar-refractivity contribution in [2.24, 2.45) is 0 Å². The van der Waals surface area contributed by atoms with Gasteiger partial charge in [0.1, 0.15) is 0 Å². The third kappa shape index (κ3) is 3.70. The van der Waals surface area contributed by atoms with Crippen LogP contribution in [0.25, 0.3) is 0 Å². The summed E-state index contributed by atoms with van der Waals surface area (Å²) in [4.78, 5) is 14.5. The Labute approximate surface area is 102 Å². The lowest BCUT2D eigenvalue weighted by Crippen LogP contribution is -2.33. The number of amides is 1. The van der Waals surface area contributed by atoms with Crippen LogP contribution >= 0.6 is 0 Å². The maximum Gasteiger partial charge on any atom is 0.254 e. The number of halogens is 2. The van der Waals surface area contributed by atoms with E-state index < -0.39 is 33.3 Å². The van der Waals surface area contributed by atoms with E-state index in [0.29, 0.717) is 0 Å². The molecular formula is C9H11F2N3O3S. The van der Waals surface area contributed by atoms with Gasteiger partial charge in [0.15, 0.2) is 5.82 Å². The quantitative estimate of drug-likeness (QED) is 0.720. The third-order valence-corrected chi connectivity index (χ3v) is 3.42. The Hall–Kier alpha value is -1.61. The molecule has 100 valence electrons. The predicted octanol–water partition coefficient (Wildman–Crippen LogP) is -0.361. The molecule has 1 heterocycles. The first-order chi connectivity index (χ1) is 8.37. The molecule has 0 aliphatic heterocycles. The van der Waals surface area contributed by atoms with Gasteiger partial charge in [-0.15, -0.1) is 0 Å². The summed E-state index contributed by atoms with van der Waals surface area (Å²) >= 11 is 0. The molecule has 1 aromatic heterocycles. The Bertz CT molecular complexity index is 548. The second kappa shape index (κ2) is 5.83. The summed E-state index contributed by atoms with van der Waals surface area (Å²) in [6, 6.07) is 1.00. The Balaban J connectivity index is 2.64. The van der Waals surface area contributed by atoms with Crippen molar-refractivity contribution in [3.8, 4) is 0 Å². The van der Waals surface area contributed by atoms with E-state index in [1.54, 1.807) is 0 Å². The smallest absolute Gasteiger partial charge is 0.254 e. The van der Waals surface area contributed by atoms with Crippen LogP contribution in [0.1, 0.15) is 10.4 Å². The van der Waals surface area contributed by atoms with E-state index in [4.69, 9.17) is 0 Å². The van der Waals surface area contributed by atoms with Crippen LogP contribution in [0.4, 0.5) is 8.78 Å². The maximum absolute atomic E-state index is 13.2. The molecule has 1 aromatic rings. The predicted molar refractivity (Wildman–Crippen MR) is 59.3 cm³/mol. The number of pyridine rings is 1. The molecule has 0 saturated heterocycles. The first-order valence-corrected chi connectivity index (χ1v) is 6.52. The van der Waals surface area contributed by atoms with Crippen molar-refractivity contribution in [1.82, 2.24) is 15.0 Å². The fraction of sp³-hybridized carbons (Fsp3) is 0.333. The van der Waals surface area contributed by atoms with Crippen LogP contribution < -0.4 is 10.0 Å². The van der Waals surface area contributed by atoms with Crippen molar-refractivity contribution in [2.45, 2.75) is 0 Å². The Morgan fingerprint density at radius 2 is 2.11 bits per heavy atom. The molecule has 6 nitrogen and oxygen atoms in total. The Morgan fingerprint density at radius 3 is 2.72 bits per heavy atom. The highest BCUT2D eigenvalue weighted by Gasteiger charge is 2.16. The molecule has 0 aromatic carbocycles. The van der Waals surface area contributed by atoms with Crippen molar-refractivity contribution in [3.63, 3.8) is 0 Å². The minimum Gasteiger partial charge on any atom is -0.351 e. The van der Waals surface area contributed by atoms with E-state index in [0.717, 1.165) is 12.3 Å². The summed E-state index contributed by atoms with van der Waals surface area (Å²) in [5, 5.41) is 2.16. The molecule has 0 aliphatic rings. The van der Waals surface area contributed by atoms with E-state index in [1.807, 2.05) is 0 Å². The van der Waals surface area contributed by atoms with Gasteiger partial charge in [0, 0.05) is 12.7 Å². The largest absolute Gasteiger partial charge is 0.351 e. The lowest BCUT2D eigenvalue weighted by atomic mass is 10.2. The van der Waals surface area contributed by atoms with Crippen molar-refractivity contribution in [3.05, 3.63) is 29.6 Å². The number of hydrogen-bond acceptors (Lipinski definition) is 4. The summed E-state index contributed by atoms with van der Waals surface area (Å²) in [7, 11) is -2.23. The molecule has 0 aliphatic carbocycles. The van der Waals surface area contributed by atoms with Gasteiger partial charge in [0.05, 0.1) is 11.3 Å². The van der Waals surface area contributed by atoms with Crippen LogP contribution in [0.2, 0.25) is 0 Å². The standard InChI is InChI=1S/C9H11F2N3O3S/c1-12-18(16,17)5-4-14-9(15)6-2-3-13-8(11)7(6)10/h2-3,12H,4-5H2,1H3,(H,14,15). The molecule has 1 amide bonds. The number of nitrogens with one attached hydrogen (secondary N) is 2. The average molecular weight is 279 g/mol. The topological polar surface area (TPSA) is 88.2 Å². The number of rotatable bonds is 5. The first kappa shape index (κ1) is 14.5. The highest BCUT2D eigenvalue weighted by molar-refractivity contribution is 7.89. The highest BCUT2D eigenvalue weighted by atomic mass is 32.2. The molecule has 0 fully saturated rings. The molecule has 0 saturated carbocycles. The van der Waals surface area contributed by atoms with Crippen molar-refractivity contribution >= 4 is 15.9 Å². The normalized spacial score (nSPS) is 11.3. The number of nitrogens with zero attached hydrogens (tertiary/aromatic N) is 1. The first-order valence-electron chi connectivity index (χ1n) is 4.87. The van der Waals surface area contributed by atoms with Crippen molar-refractivity contribution in [1.29, 1.82) is 0 Å².